The van der Waals surface area contributed by atoms with Crippen LogP contribution < -0.4 is 10.1 Å². The van der Waals surface area contributed by atoms with Crippen molar-refractivity contribution in [2.75, 3.05) is 12.4 Å². The van der Waals surface area contributed by atoms with E-state index in [2.05, 4.69) is 5.32 Å². The Morgan fingerprint density at radius 1 is 1.35 bits per heavy atom. The summed E-state index contributed by atoms with van der Waals surface area (Å²) in [5.74, 6) is -0.723. The van der Waals surface area contributed by atoms with Crippen LogP contribution in [-0.2, 0) is 19.7 Å². The Morgan fingerprint density at radius 3 is 2.40 bits per heavy atom. The van der Waals surface area contributed by atoms with E-state index in [1.807, 2.05) is 0 Å². The number of Topliss-reactive ketones (excluding diaryl/α,β-unsaturated/α-hetero) is 1. The lowest BCUT2D eigenvalue weighted by atomic mass is 10.2. The number of ketones is 1. The largest absolute Gasteiger partial charge is 0.494 e. The van der Waals surface area contributed by atoms with Crippen molar-refractivity contribution in [3.8, 4) is 5.75 Å². The number of benzene rings is 1. The molecule has 0 aliphatic heterocycles. The fourth-order valence-corrected chi connectivity index (χ4v) is 2.45. The summed E-state index contributed by atoms with van der Waals surface area (Å²) in [4.78, 5) is 22.1. The summed E-state index contributed by atoms with van der Waals surface area (Å²) in [6, 6.07) is 2.43. The van der Waals surface area contributed by atoms with Crippen molar-refractivity contribution in [1.82, 2.24) is 0 Å². The maximum atomic E-state index is 11.5. The van der Waals surface area contributed by atoms with Gasteiger partial charge in [0.25, 0.3) is 10.1 Å². The molecule has 0 aliphatic rings. The van der Waals surface area contributed by atoms with Crippen LogP contribution >= 0.6 is 0 Å². The van der Waals surface area contributed by atoms with Crippen molar-refractivity contribution in [3.63, 3.8) is 0 Å². The van der Waals surface area contributed by atoms with Crippen molar-refractivity contribution >= 4 is 27.5 Å². The number of hydrogen-bond donors (Lipinski definition) is 2. The van der Waals surface area contributed by atoms with Gasteiger partial charge in [-0.05, 0) is 26.0 Å². The molecular formula is C12H15NO6S. The van der Waals surface area contributed by atoms with E-state index in [1.54, 1.807) is 0 Å². The first-order chi connectivity index (χ1) is 9.16. The number of carbonyl (C=O) groups excluding carboxylic acids is 2. The van der Waals surface area contributed by atoms with E-state index in [9.17, 15) is 18.0 Å². The van der Waals surface area contributed by atoms with Crippen molar-refractivity contribution in [2.45, 2.75) is 25.2 Å². The molecule has 1 aromatic rings. The number of nitrogens with one attached hydrogen (secondary N) is 1. The van der Waals surface area contributed by atoms with Crippen LogP contribution in [0.1, 0.15) is 18.9 Å². The van der Waals surface area contributed by atoms with Gasteiger partial charge in [0, 0.05) is 5.56 Å². The number of anilines is 1. The molecule has 0 saturated heterocycles. The Bertz CT molecular complexity index is 650. The molecule has 0 aromatic heterocycles. The molecule has 7 nitrogen and oxygen atoms in total. The highest BCUT2D eigenvalue weighted by atomic mass is 32.2. The van der Waals surface area contributed by atoms with Crippen molar-refractivity contribution in [3.05, 3.63) is 17.7 Å². The number of methoxy groups -OCH3 is 1. The third-order valence-electron chi connectivity index (χ3n) is 2.52. The van der Waals surface area contributed by atoms with Gasteiger partial charge in [-0.1, -0.05) is 0 Å². The quantitative estimate of drug-likeness (QED) is 0.624. The van der Waals surface area contributed by atoms with Crippen LogP contribution in [0, 0.1) is 6.92 Å². The normalized spacial score (nSPS) is 11.0. The zero-order chi connectivity index (χ0) is 15.5. The average molecular weight is 301 g/mol. The second-order valence-electron chi connectivity index (χ2n) is 4.17. The average Bonchev–Trinajstić information content (AvgIpc) is 2.26. The standard InChI is InChI=1S/C12H15NO6S/c1-7(14)6-11(15)13-9-4-5-10(20(16,17)18)8(2)12(9)19-3/h4-5H,6H2,1-3H3,(H,13,15)(H,16,17,18). The van der Waals surface area contributed by atoms with E-state index in [0.29, 0.717) is 0 Å². The van der Waals surface area contributed by atoms with Gasteiger partial charge >= 0.3 is 0 Å². The van der Waals surface area contributed by atoms with E-state index >= 15 is 0 Å². The summed E-state index contributed by atoms with van der Waals surface area (Å²) in [7, 11) is -3.07. The molecular weight excluding hydrogens is 286 g/mol. The van der Waals surface area contributed by atoms with Crippen LogP contribution in [0.4, 0.5) is 5.69 Å². The van der Waals surface area contributed by atoms with Crippen LogP contribution in [-0.4, -0.2) is 31.8 Å². The van der Waals surface area contributed by atoms with Crippen molar-refractivity contribution in [2.24, 2.45) is 0 Å². The van der Waals surface area contributed by atoms with Crippen LogP contribution in [0.3, 0.4) is 0 Å². The zero-order valence-corrected chi connectivity index (χ0v) is 12.1. The Labute approximate surface area is 116 Å². The topological polar surface area (TPSA) is 110 Å². The second-order valence-corrected chi connectivity index (χ2v) is 5.56. The lowest BCUT2D eigenvalue weighted by Crippen LogP contribution is -2.16. The highest BCUT2D eigenvalue weighted by Crippen LogP contribution is 2.33. The van der Waals surface area contributed by atoms with Gasteiger partial charge in [0.1, 0.15) is 16.4 Å². The molecule has 1 aromatic carbocycles. The molecule has 0 spiro atoms. The highest BCUT2D eigenvalue weighted by molar-refractivity contribution is 7.85. The van der Waals surface area contributed by atoms with Gasteiger partial charge in [-0.2, -0.15) is 8.42 Å². The molecule has 8 heteroatoms. The van der Waals surface area contributed by atoms with E-state index < -0.39 is 16.0 Å². The molecule has 1 rings (SSSR count). The first kappa shape index (κ1) is 16.1. The van der Waals surface area contributed by atoms with E-state index in [0.717, 1.165) is 6.07 Å². The van der Waals surface area contributed by atoms with E-state index in [4.69, 9.17) is 9.29 Å². The summed E-state index contributed by atoms with van der Waals surface area (Å²) in [5, 5.41) is 2.45. The number of ether oxygens (including phenoxy) is 1. The van der Waals surface area contributed by atoms with Gasteiger partial charge < -0.3 is 10.1 Å². The van der Waals surface area contributed by atoms with Gasteiger partial charge in [0.05, 0.1) is 19.2 Å². The Balaban J connectivity index is 3.21. The predicted molar refractivity (Wildman–Crippen MR) is 71.5 cm³/mol. The molecule has 0 bridgehead atoms. The highest BCUT2D eigenvalue weighted by Gasteiger charge is 2.20. The first-order valence-electron chi connectivity index (χ1n) is 5.61. The van der Waals surface area contributed by atoms with Crippen molar-refractivity contribution in [1.29, 1.82) is 0 Å². The fraction of sp³-hybridized carbons (Fsp3) is 0.333. The molecule has 20 heavy (non-hydrogen) atoms. The maximum absolute atomic E-state index is 11.5. The summed E-state index contributed by atoms with van der Waals surface area (Å²) < 4.78 is 36.4. The minimum absolute atomic E-state index is 0.108. The van der Waals surface area contributed by atoms with Crippen molar-refractivity contribution < 1.29 is 27.3 Å². The van der Waals surface area contributed by atoms with E-state index in [1.165, 1.54) is 27.0 Å². The third-order valence-corrected chi connectivity index (χ3v) is 3.52. The van der Waals surface area contributed by atoms with Gasteiger partial charge in [-0.25, -0.2) is 0 Å². The number of amides is 1. The van der Waals surface area contributed by atoms with Gasteiger partial charge in [-0.3, -0.25) is 14.1 Å². The molecule has 0 unspecified atom stereocenters. The van der Waals surface area contributed by atoms with Gasteiger partial charge in [0.2, 0.25) is 5.91 Å². The molecule has 0 heterocycles. The monoisotopic (exact) mass is 301 g/mol. The maximum Gasteiger partial charge on any atom is 0.294 e. The minimum Gasteiger partial charge on any atom is -0.494 e. The number of carbonyl (C=O) groups is 2. The zero-order valence-electron chi connectivity index (χ0n) is 11.3. The summed E-state index contributed by atoms with van der Waals surface area (Å²) >= 11 is 0. The first-order valence-corrected chi connectivity index (χ1v) is 7.05. The van der Waals surface area contributed by atoms with E-state index in [-0.39, 0.29) is 34.1 Å². The Kier molecular flexibility index (Phi) is 4.85. The summed E-state index contributed by atoms with van der Waals surface area (Å²) in [6.07, 6.45) is -0.289. The molecule has 0 atom stereocenters. The summed E-state index contributed by atoms with van der Waals surface area (Å²) in [5.41, 5.74) is 0.388. The van der Waals surface area contributed by atoms with Crippen LogP contribution in [0.5, 0.6) is 5.75 Å². The van der Waals surface area contributed by atoms with Crippen LogP contribution in [0.25, 0.3) is 0 Å². The SMILES string of the molecule is COc1c(NC(=O)CC(C)=O)ccc(S(=O)(=O)O)c1C. The summed E-state index contributed by atoms with van der Waals surface area (Å²) in [6.45, 7) is 2.71. The lowest BCUT2D eigenvalue weighted by molar-refractivity contribution is -0.124. The molecule has 1 amide bonds. The Hall–Kier alpha value is -1.93. The second kappa shape index (κ2) is 6.02. The number of rotatable bonds is 5. The minimum atomic E-state index is -4.38. The third kappa shape index (κ3) is 3.78. The molecule has 0 aliphatic carbocycles. The molecule has 110 valence electrons. The van der Waals surface area contributed by atoms with Gasteiger partial charge in [-0.15, -0.1) is 0 Å². The molecule has 0 saturated carbocycles. The predicted octanol–water partition coefficient (Wildman–Crippen LogP) is 1.17. The van der Waals surface area contributed by atoms with Gasteiger partial charge in [0.15, 0.2) is 0 Å². The Morgan fingerprint density at radius 2 is 1.95 bits per heavy atom. The molecule has 0 fully saturated rings. The number of hydrogen-bond acceptors (Lipinski definition) is 5. The fourth-order valence-electron chi connectivity index (χ4n) is 1.74. The smallest absolute Gasteiger partial charge is 0.294 e. The van der Waals surface area contributed by atoms with Crippen LogP contribution in [0.2, 0.25) is 0 Å². The molecule has 0 radical (unpaired) electrons. The van der Waals surface area contributed by atoms with Crippen LogP contribution in [0.15, 0.2) is 17.0 Å². The molecule has 2 N–H and O–H groups in total. The lowest BCUT2D eigenvalue weighted by Gasteiger charge is -2.14.